The van der Waals surface area contributed by atoms with Crippen molar-refractivity contribution in [3.05, 3.63) is 0 Å². The molecule has 0 aliphatic carbocycles. The molecule has 2 rings (SSSR count). The Morgan fingerprint density at radius 1 is 1.23 bits per heavy atom. The van der Waals surface area contributed by atoms with Crippen molar-refractivity contribution in [1.82, 2.24) is 10.2 Å². The summed E-state index contributed by atoms with van der Waals surface area (Å²) in [4.78, 5) is 2.71. The lowest BCUT2D eigenvalue weighted by molar-refractivity contribution is 0.111. The van der Waals surface area contributed by atoms with E-state index in [9.17, 15) is 0 Å². The van der Waals surface area contributed by atoms with Gasteiger partial charge in [0.05, 0.1) is 0 Å². The minimum absolute atomic E-state index is 0.844. The molecule has 2 nitrogen and oxygen atoms in total. The molecule has 0 saturated carbocycles. The lowest BCUT2D eigenvalue weighted by Gasteiger charge is -2.39. The minimum atomic E-state index is 0.844. The Hall–Kier alpha value is -0.0800. The molecule has 0 spiro atoms. The monoisotopic (exact) mass is 182 g/mol. The molecule has 76 valence electrons. The van der Waals surface area contributed by atoms with Gasteiger partial charge >= 0.3 is 0 Å². The van der Waals surface area contributed by atoms with Crippen LogP contribution in [-0.2, 0) is 0 Å². The van der Waals surface area contributed by atoms with E-state index in [-0.39, 0.29) is 0 Å². The van der Waals surface area contributed by atoms with Gasteiger partial charge in [0.2, 0.25) is 0 Å². The summed E-state index contributed by atoms with van der Waals surface area (Å²) >= 11 is 0. The fourth-order valence-electron chi connectivity index (χ4n) is 2.70. The molecule has 1 unspecified atom stereocenters. The summed E-state index contributed by atoms with van der Waals surface area (Å²) in [6.07, 6.45) is 5.64. The molecule has 2 heteroatoms. The van der Waals surface area contributed by atoms with Crippen molar-refractivity contribution in [2.45, 2.75) is 38.6 Å². The molecule has 0 radical (unpaired) electrons. The summed E-state index contributed by atoms with van der Waals surface area (Å²) in [5, 5.41) is 3.51. The summed E-state index contributed by atoms with van der Waals surface area (Å²) in [7, 11) is 0. The van der Waals surface area contributed by atoms with Gasteiger partial charge in [-0.25, -0.2) is 0 Å². The molecule has 2 aliphatic heterocycles. The van der Waals surface area contributed by atoms with Crippen LogP contribution in [-0.4, -0.2) is 37.1 Å². The van der Waals surface area contributed by atoms with Gasteiger partial charge in [-0.15, -0.1) is 0 Å². The Kier molecular flexibility index (Phi) is 3.23. The standard InChI is InChI=1S/C11H22N2/c1-10-4-3-7-13(9-10)11-5-2-6-12-8-11/h10-12H,2-9H2,1H3/t10-,11?/m1/s1. The van der Waals surface area contributed by atoms with Gasteiger partial charge in [0.15, 0.2) is 0 Å². The van der Waals surface area contributed by atoms with E-state index in [4.69, 9.17) is 0 Å². The number of hydrogen-bond donors (Lipinski definition) is 1. The molecular formula is C11H22N2. The second kappa shape index (κ2) is 4.43. The lowest BCUT2D eigenvalue weighted by atomic mass is 9.96. The fourth-order valence-corrected chi connectivity index (χ4v) is 2.70. The molecule has 0 bridgehead atoms. The first-order valence-electron chi connectivity index (χ1n) is 5.81. The number of likely N-dealkylation sites (tertiary alicyclic amines) is 1. The zero-order valence-electron chi connectivity index (χ0n) is 8.76. The van der Waals surface area contributed by atoms with Crippen molar-refractivity contribution in [3.63, 3.8) is 0 Å². The molecule has 2 aliphatic rings. The van der Waals surface area contributed by atoms with Crippen LogP contribution >= 0.6 is 0 Å². The Bertz CT molecular complexity index is 152. The van der Waals surface area contributed by atoms with Gasteiger partial charge in [-0.1, -0.05) is 6.92 Å². The third-order valence-corrected chi connectivity index (χ3v) is 3.48. The molecule has 0 aromatic carbocycles. The van der Waals surface area contributed by atoms with Crippen molar-refractivity contribution >= 4 is 0 Å². The van der Waals surface area contributed by atoms with Crippen molar-refractivity contribution in [3.8, 4) is 0 Å². The van der Waals surface area contributed by atoms with E-state index in [1.807, 2.05) is 0 Å². The van der Waals surface area contributed by atoms with Crippen LogP contribution in [0.1, 0.15) is 32.6 Å². The molecule has 0 aromatic heterocycles. The maximum atomic E-state index is 3.51. The Labute approximate surface area is 81.7 Å². The van der Waals surface area contributed by atoms with E-state index >= 15 is 0 Å². The second-order valence-electron chi connectivity index (χ2n) is 4.74. The number of nitrogens with one attached hydrogen (secondary N) is 1. The summed E-state index contributed by atoms with van der Waals surface area (Å²) in [6.45, 7) is 7.54. The van der Waals surface area contributed by atoms with Gasteiger partial charge in [-0.2, -0.15) is 0 Å². The summed E-state index contributed by atoms with van der Waals surface area (Å²) in [5.74, 6) is 0.927. The van der Waals surface area contributed by atoms with Crippen molar-refractivity contribution in [2.75, 3.05) is 26.2 Å². The minimum Gasteiger partial charge on any atom is -0.315 e. The van der Waals surface area contributed by atoms with Gasteiger partial charge in [0, 0.05) is 19.1 Å². The predicted octanol–water partition coefficient (Wildman–Crippen LogP) is 1.47. The van der Waals surface area contributed by atoms with E-state index in [0.717, 1.165) is 12.0 Å². The van der Waals surface area contributed by atoms with E-state index in [1.54, 1.807) is 0 Å². The van der Waals surface area contributed by atoms with Gasteiger partial charge < -0.3 is 5.32 Å². The van der Waals surface area contributed by atoms with E-state index in [2.05, 4.69) is 17.1 Å². The van der Waals surface area contributed by atoms with Crippen molar-refractivity contribution in [1.29, 1.82) is 0 Å². The summed E-state index contributed by atoms with van der Waals surface area (Å²) in [6, 6.07) is 0.844. The van der Waals surface area contributed by atoms with E-state index < -0.39 is 0 Å². The number of hydrogen-bond acceptors (Lipinski definition) is 2. The highest BCUT2D eigenvalue weighted by atomic mass is 15.2. The molecule has 2 heterocycles. The lowest BCUT2D eigenvalue weighted by Crippen LogP contribution is -2.49. The molecule has 2 atom stereocenters. The third-order valence-electron chi connectivity index (χ3n) is 3.48. The number of nitrogens with zero attached hydrogens (tertiary/aromatic N) is 1. The van der Waals surface area contributed by atoms with Gasteiger partial charge in [-0.3, -0.25) is 4.90 Å². The van der Waals surface area contributed by atoms with E-state index in [0.29, 0.717) is 0 Å². The van der Waals surface area contributed by atoms with E-state index in [1.165, 1.54) is 51.9 Å². The fraction of sp³-hybridized carbons (Fsp3) is 1.00. The molecule has 13 heavy (non-hydrogen) atoms. The maximum Gasteiger partial charge on any atom is 0.0221 e. The topological polar surface area (TPSA) is 15.3 Å². The second-order valence-corrected chi connectivity index (χ2v) is 4.74. The molecule has 0 aromatic rings. The number of piperidine rings is 2. The van der Waals surface area contributed by atoms with Crippen molar-refractivity contribution in [2.24, 2.45) is 5.92 Å². The number of rotatable bonds is 1. The largest absolute Gasteiger partial charge is 0.315 e. The average Bonchev–Trinajstić information content (AvgIpc) is 2.19. The smallest absolute Gasteiger partial charge is 0.0221 e. The summed E-state index contributed by atoms with van der Waals surface area (Å²) in [5.41, 5.74) is 0. The maximum absolute atomic E-state index is 3.51. The van der Waals surface area contributed by atoms with Crippen LogP contribution in [0.25, 0.3) is 0 Å². The first-order valence-corrected chi connectivity index (χ1v) is 5.81. The van der Waals surface area contributed by atoms with Crippen LogP contribution in [0.2, 0.25) is 0 Å². The SMILES string of the molecule is C[C@@H]1CCCN(C2CCCNC2)C1. The average molecular weight is 182 g/mol. The van der Waals surface area contributed by atoms with Gasteiger partial charge in [0.1, 0.15) is 0 Å². The highest BCUT2D eigenvalue weighted by Crippen LogP contribution is 2.20. The zero-order chi connectivity index (χ0) is 9.10. The Morgan fingerprint density at radius 2 is 2.15 bits per heavy atom. The molecule has 1 N–H and O–H groups in total. The Balaban J connectivity index is 1.83. The normalized spacial score (nSPS) is 37.6. The first kappa shape index (κ1) is 9.47. The first-order chi connectivity index (χ1) is 6.36. The third kappa shape index (κ3) is 2.44. The highest BCUT2D eigenvalue weighted by molar-refractivity contribution is 4.81. The van der Waals surface area contributed by atoms with Crippen LogP contribution in [0.5, 0.6) is 0 Å². The van der Waals surface area contributed by atoms with Gasteiger partial charge in [0.25, 0.3) is 0 Å². The van der Waals surface area contributed by atoms with Crippen LogP contribution in [0.15, 0.2) is 0 Å². The highest BCUT2D eigenvalue weighted by Gasteiger charge is 2.24. The zero-order valence-corrected chi connectivity index (χ0v) is 8.76. The van der Waals surface area contributed by atoms with Crippen molar-refractivity contribution < 1.29 is 0 Å². The predicted molar refractivity (Wildman–Crippen MR) is 55.9 cm³/mol. The molecule has 0 amide bonds. The van der Waals surface area contributed by atoms with Crippen LogP contribution in [0, 0.1) is 5.92 Å². The van der Waals surface area contributed by atoms with Crippen LogP contribution in [0.3, 0.4) is 0 Å². The quantitative estimate of drug-likeness (QED) is 0.660. The van der Waals surface area contributed by atoms with Crippen LogP contribution < -0.4 is 5.32 Å². The Morgan fingerprint density at radius 3 is 2.85 bits per heavy atom. The summed E-state index contributed by atoms with van der Waals surface area (Å²) < 4.78 is 0. The molecular weight excluding hydrogens is 160 g/mol. The van der Waals surface area contributed by atoms with Gasteiger partial charge in [-0.05, 0) is 44.7 Å². The van der Waals surface area contributed by atoms with Crippen LogP contribution in [0.4, 0.5) is 0 Å². The molecule has 2 fully saturated rings. The molecule has 2 saturated heterocycles.